The standard InChI is InChI=1S/C15H20Cl2OP.Li/c1-10(8-15(2,3)4)9-19-14(18)13-11(16)6-5-7-12(13)17;/h5-7,10H,8-9H2,1-4H3;/q-1;+1. The van der Waals surface area contributed by atoms with Gasteiger partial charge in [0, 0.05) is 11.1 Å². The first-order valence-electron chi connectivity index (χ1n) is 6.36. The fourth-order valence-electron chi connectivity index (χ4n) is 2.13. The SMILES string of the molecule is CC(C[P-]C(=O)c1c(Cl)cccc1Cl)CC(C)(C)C.[Li+]. The largest absolute Gasteiger partial charge is 1.00 e. The molecule has 1 aromatic rings. The fourth-order valence-corrected chi connectivity index (χ4v) is 3.84. The van der Waals surface area contributed by atoms with Crippen LogP contribution in [-0.4, -0.2) is 11.7 Å². The monoisotopic (exact) mass is 324 g/mol. The average Bonchev–Trinajstić information content (AvgIpc) is 2.23. The molecule has 1 aromatic carbocycles. The van der Waals surface area contributed by atoms with Crippen LogP contribution in [0.15, 0.2) is 18.2 Å². The van der Waals surface area contributed by atoms with E-state index in [0.29, 0.717) is 26.9 Å². The van der Waals surface area contributed by atoms with Gasteiger partial charge < -0.3 is 13.4 Å². The molecule has 1 atom stereocenters. The molecule has 0 spiro atoms. The van der Waals surface area contributed by atoms with Gasteiger partial charge in [-0.05, 0) is 24.0 Å². The fraction of sp³-hybridized carbons (Fsp3) is 0.533. The molecule has 0 aliphatic rings. The van der Waals surface area contributed by atoms with Gasteiger partial charge in [0.25, 0.3) is 0 Å². The van der Waals surface area contributed by atoms with Crippen molar-refractivity contribution in [2.24, 2.45) is 11.3 Å². The Morgan fingerprint density at radius 2 is 1.75 bits per heavy atom. The molecule has 0 saturated heterocycles. The Balaban J connectivity index is 0.00000361. The average molecular weight is 325 g/mol. The van der Waals surface area contributed by atoms with E-state index in [4.69, 9.17) is 23.2 Å². The van der Waals surface area contributed by atoms with Gasteiger partial charge in [-0.25, -0.2) is 0 Å². The van der Waals surface area contributed by atoms with Gasteiger partial charge in [-0.15, -0.1) is 0 Å². The Bertz CT molecular complexity index is 437. The summed E-state index contributed by atoms with van der Waals surface area (Å²) in [7, 11) is 0.767. The van der Waals surface area contributed by atoms with E-state index in [0.717, 1.165) is 21.2 Å². The van der Waals surface area contributed by atoms with Gasteiger partial charge in [0.15, 0.2) is 0 Å². The van der Waals surface area contributed by atoms with Gasteiger partial charge in [-0.3, -0.25) is 0 Å². The third kappa shape index (κ3) is 6.97. The molecule has 1 rings (SSSR count). The summed E-state index contributed by atoms with van der Waals surface area (Å²) >= 11 is 12.1. The second-order valence-corrected chi connectivity index (χ2v) is 8.01. The van der Waals surface area contributed by atoms with E-state index in [-0.39, 0.29) is 24.4 Å². The minimum absolute atomic E-state index is 0. The number of hydrogen-bond acceptors (Lipinski definition) is 1. The molecule has 5 heteroatoms. The van der Waals surface area contributed by atoms with Crippen LogP contribution in [0.5, 0.6) is 0 Å². The van der Waals surface area contributed by atoms with Crippen LogP contribution < -0.4 is 18.9 Å². The van der Waals surface area contributed by atoms with Gasteiger partial charge in [-0.1, -0.05) is 62.9 Å². The normalized spacial score (nSPS) is 13.3. The van der Waals surface area contributed by atoms with E-state index in [1.807, 2.05) is 0 Å². The number of hydrogen-bond donors (Lipinski definition) is 0. The van der Waals surface area contributed by atoms with Crippen molar-refractivity contribution in [2.45, 2.75) is 34.1 Å². The van der Waals surface area contributed by atoms with Crippen LogP contribution in [0.2, 0.25) is 10.0 Å². The molecule has 0 fully saturated rings. The second kappa shape index (κ2) is 8.82. The molecule has 0 aromatic heterocycles. The summed E-state index contributed by atoms with van der Waals surface area (Å²) in [6.45, 7) is 8.83. The third-order valence-electron chi connectivity index (χ3n) is 2.68. The first-order valence-corrected chi connectivity index (χ1v) is 8.20. The number of carbonyl (C=O) groups is 1. The van der Waals surface area contributed by atoms with Crippen molar-refractivity contribution in [1.82, 2.24) is 0 Å². The maximum Gasteiger partial charge on any atom is 1.00 e. The first-order chi connectivity index (χ1) is 8.70. The zero-order chi connectivity index (χ0) is 14.6. The minimum Gasteiger partial charge on any atom is -0.459 e. The van der Waals surface area contributed by atoms with Crippen LogP contribution in [0.1, 0.15) is 44.5 Å². The summed E-state index contributed by atoms with van der Waals surface area (Å²) in [5, 5.41) is 0.877. The summed E-state index contributed by atoms with van der Waals surface area (Å²) in [4.78, 5) is 12.2. The Morgan fingerprint density at radius 1 is 1.25 bits per heavy atom. The number of rotatable bonds is 5. The van der Waals surface area contributed by atoms with Crippen molar-refractivity contribution in [1.29, 1.82) is 0 Å². The zero-order valence-corrected chi connectivity index (χ0v) is 15.2. The zero-order valence-electron chi connectivity index (χ0n) is 12.8. The minimum atomic E-state index is 0. The van der Waals surface area contributed by atoms with E-state index >= 15 is 0 Å². The molecule has 1 unspecified atom stereocenters. The molecule has 106 valence electrons. The molecule has 0 heterocycles. The summed E-state index contributed by atoms with van der Waals surface area (Å²) in [5.74, 6) is 0.506. The van der Waals surface area contributed by atoms with Crippen LogP contribution in [0.25, 0.3) is 0 Å². The van der Waals surface area contributed by atoms with Crippen LogP contribution in [-0.2, 0) is 0 Å². The molecule has 20 heavy (non-hydrogen) atoms. The predicted molar refractivity (Wildman–Crippen MR) is 85.8 cm³/mol. The van der Waals surface area contributed by atoms with Crippen molar-refractivity contribution < 1.29 is 23.7 Å². The molecule has 0 saturated carbocycles. The van der Waals surface area contributed by atoms with Gasteiger partial charge in [0.1, 0.15) is 0 Å². The molecule has 0 bridgehead atoms. The number of halogens is 2. The quantitative estimate of drug-likeness (QED) is 0.600. The molecule has 1 nitrogen and oxygen atoms in total. The molecule has 0 radical (unpaired) electrons. The van der Waals surface area contributed by atoms with Crippen LogP contribution in [0.3, 0.4) is 0 Å². The molecule has 0 aliphatic carbocycles. The topological polar surface area (TPSA) is 17.1 Å². The maximum absolute atomic E-state index is 12.2. The second-order valence-electron chi connectivity index (χ2n) is 6.11. The summed E-state index contributed by atoms with van der Waals surface area (Å²) in [6.07, 6.45) is 1.95. The number of benzene rings is 1. The van der Waals surface area contributed by atoms with E-state index in [1.165, 1.54) is 0 Å². The summed E-state index contributed by atoms with van der Waals surface area (Å²) in [6, 6.07) is 5.16. The van der Waals surface area contributed by atoms with Crippen molar-refractivity contribution >= 4 is 37.3 Å². The Labute approximate surface area is 146 Å². The van der Waals surface area contributed by atoms with Crippen molar-refractivity contribution in [3.05, 3.63) is 33.8 Å². The molecule has 0 aliphatic heterocycles. The van der Waals surface area contributed by atoms with Crippen molar-refractivity contribution in [3.63, 3.8) is 0 Å². The van der Waals surface area contributed by atoms with Gasteiger partial charge in [-0.2, -0.15) is 6.16 Å². The summed E-state index contributed by atoms with van der Waals surface area (Å²) in [5.41, 5.74) is 0.756. The molecular formula is C15H20Cl2LiOP. The maximum atomic E-state index is 12.2. The molecular weight excluding hydrogens is 305 g/mol. The Hall–Kier alpha value is 0.497. The Morgan fingerprint density at radius 3 is 2.20 bits per heavy atom. The third-order valence-corrected chi connectivity index (χ3v) is 4.63. The predicted octanol–water partition coefficient (Wildman–Crippen LogP) is 3.16. The van der Waals surface area contributed by atoms with Crippen LogP contribution >= 0.6 is 31.8 Å². The van der Waals surface area contributed by atoms with Gasteiger partial charge >= 0.3 is 18.9 Å². The van der Waals surface area contributed by atoms with E-state index in [2.05, 4.69) is 27.7 Å². The van der Waals surface area contributed by atoms with Crippen LogP contribution in [0, 0.1) is 11.3 Å². The van der Waals surface area contributed by atoms with E-state index < -0.39 is 0 Å². The van der Waals surface area contributed by atoms with Crippen LogP contribution in [0.4, 0.5) is 0 Å². The van der Waals surface area contributed by atoms with E-state index in [9.17, 15) is 4.79 Å². The van der Waals surface area contributed by atoms with Crippen molar-refractivity contribution in [2.75, 3.05) is 6.16 Å². The first kappa shape index (κ1) is 20.5. The van der Waals surface area contributed by atoms with Gasteiger partial charge in [0.2, 0.25) is 0 Å². The van der Waals surface area contributed by atoms with Gasteiger partial charge in [0.05, 0.1) is 10.0 Å². The molecule has 0 N–H and O–H groups in total. The van der Waals surface area contributed by atoms with Crippen molar-refractivity contribution in [3.8, 4) is 0 Å². The molecule has 0 amide bonds. The summed E-state index contributed by atoms with van der Waals surface area (Å²) < 4.78 is 0. The number of carbonyl (C=O) groups excluding carboxylic acids is 1. The smallest absolute Gasteiger partial charge is 0.459 e. The van der Waals surface area contributed by atoms with E-state index in [1.54, 1.807) is 18.2 Å². The Kier molecular flexibility index (Phi) is 9.04.